The van der Waals surface area contributed by atoms with Gasteiger partial charge in [-0.3, -0.25) is 0 Å². The Morgan fingerprint density at radius 2 is 1.23 bits per heavy atom. The van der Waals surface area contributed by atoms with Crippen molar-refractivity contribution in [1.29, 1.82) is 0 Å². The predicted molar refractivity (Wildman–Crippen MR) is 199 cm³/mol. The van der Waals surface area contributed by atoms with Crippen LogP contribution in [0, 0.1) is 5.92 Å². The Kier molecular flexibility index (Phi) is 14.0. The summed E-state index contributed by atoms with van der Waals surface area (Å²) in [4.78, 5) is 13.2. The first kappa shape index (κ1) is 36.3. The molecule has 4 aromatic rings. The molecule has 6 heteroatoms. The van der Waals surface area contributed by atoms with Crippen LogP contribution in [0.5, 0.6) is 0 Å². The highest BCUT2D eigenvalue weighted by molar-refractivity contribution is 8.00. The van der Waals surface area contributed by atoms with E-state index in [1.165, 1.54) is 22.3 Å². The first-order chi connectivity index (χ1) is 22.7. The van der Waals surface area contributed by atoms with Crippen molar-refractivity contribution in [2.24, 2.45) is 5.92 Å². The second-order valence-electron chi connectivity index (χ2n) is 13.3. The number of ether oxygens (including phenoxy) is 1. The maximum Gasteiger partial charge on any atom is 0.407 e. The predicted octanol–water partition coefficient (Wildman–Crippen LogP) is 8.44. The third-order valence-corrected chi connectivity index (χ3v) is 10.2. The van der Waals surface area contributed by atoms with Crippen LogP contribution < -0.4 is 16.0 Å². The lowest BCUT2D eigenvalue weighted by molar-refractivity contribution is 0.0508. The zero-order chi connectivity index (χ0) is 33.5. The molecule has 0 bridgehead atoms. The molecule has 0 saturated carbocycles. The largest absolute Gasteiger partial charge is 0.444 e. The van der Waals surface area contributed by atoms with E-state index in [9.17, 15) is 4.79 Å². The molecule has 1 amide bonds. The highest BCUT2D eigenvalue weighted by atomic mass is 32.2. The lowest BCUT2D eigenvalue weighted by Gasteiger charge is -2.37. The number of carbonyl (C=O) groups is 1. The molecule has 0 aliphatic rings. The van der Waals surface area contributed by atoms with Gasteiger partial charge in [0.15, 0.2) is 0 Å². The molecule has 0 saturated heterocycles. The molecule has 5 nitrogen and oxygen atoms in total. The number of hydrogen-bond acceptors (Lipinski definition) is 5. The topological polar surface area (TPSA) is 62.4 Å². The molecule has 4 rings (SSSR count). The van der Waals surface area contributed by atoms with Gasteiger partial charge in [0, 0.05) is 24.9 Å². The van der Waals surface area contributed by atoms with Gasteiger partial charge < -0.3 is 20.7 Å². The fraction of sp³-hybridized carbons (Fsp3) is 0.390. The normalized spacial score (nSPS) is 13.8. The minimum absolute atomic E-state index is 0.179. The van der Waals surface area contributed by atoms with Crippen molar-refractivity contribution in [2.75, 3.05) is 25.4 Å². The van der Waals surface area contributed by atoms with E-state index in [2.05, 4.69) is 151 Å². The molecule has 4 aromatic carbocycles. The Morgan fingerprint density at radius 3 is 1.70 bits per heavy atom. The van der Waals surface area contributed by atoms with Crippen molar-refractivity contribution in [3.05, 3.63) is 144 Å². The van der Waals surface area contributed by atoms with E-state index in [1.807, 2.05) is 32.5 Å². The average molecular weight is 652 g/mol. The van der Waals surface area contributed by atoms with E-state index < -0.39 is 16.4 Å². The fourth-order valence-corrected chi connectivity index (χ4v) is 7.37. The standard InChI is InChI=1S/C41H53N3O2S/c1-6-32(2)38(30-42-28-27-33-19-11-7-12-20-33)43-29-37(44-39(45)46-40(3,4)5)31-47-41(34-21-13-8-14-22-34,35-23-15-9-16-24-35)36-25-17-10-18-26-36/h7-26,32,37-38,42-43H,6,27-31H2,1-5H3,(H,44,45)/t32?,37-,38?/m1/s1. The summed E-state index contributed by atoms with van der Waals surface area (Å²) in [6.45, 7) is 12.6. The monoisotopic (exact) mass is 651 g/mol. The fourth-order valence-electron chi connectivity index (χ4n) is 5.81. The molecule has 0 aliphatic carbocycles. The quantitative estimate of drug-likeness (QED) is 0.0790. The lowest BCUT2D eigenvalue weighted by atomic mass is 9.84. The zero-order valence-corrected chi connectivity index (χ0v) is 29.6. The van der Waals surface area contributed by atoms with Gasteiger partial charge in [-0.25, -0.2) is 4.79 Å². The van der Waals surface area contributed by atoms with Gasteiger partial charge >= 0.3 is 6.09 Å². The summed E-state index contributed by atoms with van der Waals surface area (Å²) < 4.78 is 5.27. The SMILES string of the molecule is CCC(C)C(CNCCc1ccccc1)NC[C@H](CSC(c1ccccc1)(c1ccccc1)c1ccccc1)NC(=O)OC(C)(C)C. The maximum absolute atomic E-state index is 13.2. The van der Waals surface area contributed by atoms with Crippen LogP contribution in [0.2, 0.25) is 0 Å². The van der Waals surface area contributed by atoms with Crippen LogP contribution in [0.25, 0.3) is 0 Å². The Bertz CT molecular complexity index is 1350. The molecule has 3 N–H and O–H groups in total. The van der Waals surface area contributed by atoms with Crippen LogP contribution in [0.3, 0.4) is 0 Å². The molecule has 0 radical (unpaired) electrons. The summed E-state index contributed by atoms with van der Waals surface area (Å²) in [7, 11) is 0. The summed E-state index contributed by atoms with van der Waals surface area (Å²) >= 11 is 1.86. The van der Waals surface area contributed by atoms with Gasteiger partial charge in [0.05, 0.1) is 10.8 Å². The Morgan fingerprint density at radius 1 is 0.745 bits per heavy atom. The summed E-state index contributed by atoms with van der Waals surface area (Å²) in [5.74, 6) is 1.13. The molecule has 0 aromatic heterocycles. The van der Waals surface area contributed by atoms with E-state index in [0.717, 1.165) is 25.9 Å². The van der Waals surface area contributed by atoms with Gasteiger partial charge in [0.25, 0.3) is 0 Å². The molecule has 3 atom stereocenters. The smallest absolute Gasteiger partial charge is 0.407 e. The molecule has 0 aliphatic heterocycles. The number of nitrogens with one attached hydrogen (secondary N) is 3. The summed E-state index contributed by atoms with van der Waals surface area (Å²) in [6, 6.07) is 42.8. The molecule has 0 heterocycles. The Balaban J connectivity index is 1.57. The van der Waals surface area contributed by atoms with E-state index in [1.54, 1.807) is 0 Å². The molecule has 0 spiro atoms. The van der Waals surface area contributed by atoms with E-state index >= 15 is 0 Å². The van der Waals surface area contributed by atoms with Crippen LogP contribution in [0.15, 0.2) is 121 Å². The van der Waals surface area contributed by atoms with Gasteiger partial charge in [0.2, 0.25) is 0 Å². The van der Waals surface area contributed by atoms with Crippen molar-refractivity contribution < 1.29 is 9.53 Å². The van der Waals surface area contributed by atoms with Crippen LogP contribution in [-0.2, 0) is 15.9 Å². The van der Waals surface area contributed by atoms with Crippen molar-refractivity contribution in [3.8, 4) is 0 Å². The Hall–Kier alpha value is -3.58. The summed E-state index contributed by atoms with van der Waals surface area (Å²) in [5, 5.41) is 10.8. The number of rotatable bonds is 17. The van der Waals surface area contributed by atoms with Crippen molar-refractivity contribution >= 4 is 17.9 Å². The number of thioether (sulfide) groups is 1. The van der Waals surface area contributed by atoms with Crippen LogP contribution in [0.1, 0.15) is 63.3 Å². The van der Waals surface area contributed by atoms with Gasteiger partial charge in [-0.15, -0.1) is 11.8 Å². The number of alkyl carbamates (subject to hydrolysis) is 1. The van der Waals surface area contributed by atoms with Crippen LogP contribution in [0.4, 0.5) is 4.79 Å². The minimum Gasteiger partial charge on any atom is -0.444 e. The molecular formula is C41H53N3O2S. The molecule has 0 fully saturated rings. The van der Waals surface area contributed by atoms with Gasteiger partial charge in [0.1, 0.15) is 5.60 Å². The average Bonchev–Trinajstić information content (AvgIpc) is 3.08. The van der Waals surface area contributed by atoms with Gasteiger partial charge in [-0.1, -0.05) is 142 Å². The van der Waals surface area contributed by atoms with E-state index in [0.29, 0.717) is 18.2 Å². The van der Waals surface area contributed by atoms with Crippen molar-refractivity contribution in [1.82, 2.24) is 16.0 Å². The second-order valence-corrected chi connectivity index (χ2v) is 14.5. The number of hydrogen-bond donors (Lipinski definition) is 3. The zero-order valence-electron chi connectivity index (χ0n) is 28.7. The number of amides is 1. The number of benzene rings is 4. The van der Waals surface area contributed by atoms with E-state index in [4.69, 9.17) is 4.74 Å². The number of carbonyl (C=O) groups excluding carboxylic acids is 1. The molecule has 2 unspecified atom stereocenters. The van der Waals surface area contributed by atoms with Crippen molar-refractivity contribution in [3.63, 3.8) is 0 Å². The van der Waals surface area contributed by atoms with Crippen molar-refractivity contribution in [2.45, 2.75) is 69.9 Å². The molecular weight excluding hydrogens is 599 g/mol. The third kappa shape index (κ3) is 11.0. The lowest BCUT2D eigenvalue weighted by Crippen LogP contribution is -2.51. The minimum atomic E-state index is -0.584. The van der Waals surface area contributed by atoms with Crippen LogP contribution in [-0.4, -0.2) is 49.2 Å². The molecule has 250 valence electrons. The third-order valence-electron chi connectivity index (χ3n) is 8.52. The van der Waals surface area contributed by atoms with Gasteiger partial charge in [-0.2, -0.15) is 0 Å². The first-order valence-corrected chi connectivity index (χ1v) is 18.0. The Labute approximate surface area is 287 Å². The summed E-state index contributed by atoms with van der Waals surface area (Å²) in [6.07, 6.45) is 1.67. The first-order valence-electron chi connectivity index (χ1n) is 17.0. The highest BCUT2D eigenvalue weighted by Crippen LogP contribution is 2.48. The highest BCUT2D eigenvalue weighted by Gasteiger charge is 2.38. The second kappa shape index (κ2) is 18.1. The maximum atomic E-state index is 13.2. The van der Waals surface area contributed by atoms with Gasteiger partial charge in [-0.05, 0) is 61.9 Å². The summed E-state index contributed by atoms with van der Waals surface area (Å²) in [5.41, 5.74) is 4.36. The van der Waals surface area contributed by atoms with E-state index in [-0.39, 0.29) is 12.1 Å². The van der Waals surface area contributed by atoms with Crippen LogP contribution >= 0.6 is 11.8 Å². The molecule has 47 heavy (non-hydrogen) atoms.